The van der Waals surface area contributed by atoms with Crippen LogP contribution in [0.4, 0.5) is 0 Å². The van der Waals surface area contributed by atoms with Gasteiger partial charge in [-0.15, -0.1) is 0 Å². The maximum Gasteiger partial charge on any atom is 0.153 e. The molecule has 106 valence electrons. The number of sulfone groups is 1. The molecule has 2 fully saturated rings. The van der Waals surface area contributed by atoms with E-state index in [0.717, 1.165) is 38.5 Å². The first-order valence-electron chi connectivity index (χ1n) is 6.75. The Kier molecular flexibility index (Phi) is 4.97. The molecule has 0 aromatic heterocycles. The minimum absolute atomic E-state index is 0.238. The highest BCUT2D eigenvalue weighted by Crippen LogP contribution is 2.18. The molecule has 1 atom stereocenters. The van der Waals surface area contributed by atoms with E-state index in [9.17, 15) is 8.42 Å². The van der Waals surface area contributed by atoms with Crippen molar-refractivity contribution in [2.24, 2.45) is 0 Å². The summed E-state index contributed by atoms with van der Waals surface area (Å²) in [5.74, 6) is 1.87. The van der Waals surface area contributed by atoms with Gasteiger partial charge < -0.3 is 0 Å². The molecule has 1 unspecified atom stereocenters. The summed E-state index contributed by atoms with van der Waals surface area (Å²) in [6.07, 6.45) is 0. The molecule has 0 aromatic rings. The number of fused-ring (bicyclic) bond motifs is 1. The van der Waals surface area contributed by atoms with Crippen molar-refractivity contribution in [2.45, 2.75) is 25.1 Å². The quantitative estimate of drug-likeness (QED) is 0.756. The zero-order valence-corrected chi connectivity index (χ0v) is 13.0. The molecule has 18 heavy (non-hydrogen) atoms. The zero-order chi connectivity index (χ0) is 13.2. The summed E-state index contributed by atoms with van der Waals surface area (Å²) in [5, 5.41) is 0.682. The number of piperazine rings is 1. The van der Waals surface area contributed by atoms with E-state index in [1.54, 1.807) is 0 Å². The number of hydrogen-bond acceptors (Lipinski definition) is 5. The molecule has 0 aliphatic carbocycles. The highest BCUT2D eigenvalue weighted by Gasteiger charge is 2.34. The van der Waals surface area contributed by atoms with E-state index in [0.29, 0.717) is 16.8 Å². The number of rotatable bonds is 4. The number of thioether (sulfide) groups is 1. The van der Waals surface area contributed by atoms with E-state index in [2.05, 4.69) is 23.6 Å². The van der Waals surface area contributed by atoms with Gasteiger partial charge in [0.1, 0.15) is 0 Å². The van der Waals surface area contributed by atoms with Gasteiger partial charge in [-0.05, 0) is 5.25 Å². The highest BCUT2D eigenvalue weighted by atomic mass is 32.2. The van der Waals surface area contributed by atoms with Gasteiger partial charge in [0, 0.05) is 44.5 Å². The van der Waals surface area contributed by atoms with E-state index in [-0.39, 0.29) is 6.04 Å². The van der Waals surface area contributed by atoms with Crippen molar-refractivity contribution in [2.75, 3.05) is 50.0 Å². The van der Waals surface area contributed by atoms with Gasteiger partial charge in [0.05, 0.1) is 11.5 Å². The Hall–Kier alpha value is 0.220. The topological polar surface area (TPSA) is 40.6 Å². The van der Waals surface area contributed by atoms with Crippen molar-refractivity contribution in [1.29, 1.82) is 0 Å². The van der Waals surface area contributed by atoms with Crippen LogP contribution in [0.25, 0.3) is 0 Å². The molecule has 0 amide bonds. The van der Waals surface area contributed by atoms with Crippen LogP contribution in [-0.4, -0.2) is 79.5 Å². The molecule has 2 saturated heterocycles. The van der Waals surface area contributed by atoms with Crippen LogP contribution in [0.5, 0.6) is 0 Å². The predicted molar refractivity (Wildman–Crippen MR) is 78.0 cm³/mol. The van der Waals surface area contributed by atoms with Crippen LogP contribution in [0.15, 0.2) is 0 Å². The van der Waals surface area contributed by atoms with E-state index >= 15 is 0 Å². The van der Waals surface area contributed by atoms with Gasteiger partial charge in [0.15, 0.2) is 9.84 Å². The second-order valence-corrected chi connectivity index (χ2v) is 9.44. The largest absolute Gasteiger partial charge is 0.300 e. The maximum absolute atomic E-state index is 11.7. The molecule has 2 rings (SSSR count). The average Bonchev–Trinajstić information content (AvgIpc) is 2.26. The van der Waals surface area contributed by atoms with Gasteiger partial charge in [0.2, 0.25) is 0 Å². The Morgan fingerprint density at radius 3 is 2.78 bits per heavy atom. The fraction of sp³-hybridized carbons (Fsp3) is 1.00. The molecular weight excluding hydrogens is 268 g/mol. The molecule has 0 bridgehead atoms. The molecule has 2 heterocycles. The van der Waals surface area contributed by atoms with E-state index < -0.39 is 9.84 Å². The van der Waals surface area contributed by atoms with Crippen LogP contribution in [-0.2, 0) is 9.84 Å². The molecule has 0 aromatic carbocycles. The van der Waals surface area contributed by atoms with Gasteiger partial charge >= 0.3 is 0 Å². The normalized spacial score (nSPS) is 29.4. The Balaban J connectivity index is 1.81. The highest BCUT2D eigenvalue weighted by molar-refractivity contribution is 7.99. The van der Waals surface area contributed by atoms with Crippen molar-refractivity contribution >= 4 is 21.6 Å². The van der Waals surface area contributed by atoms with Gasteiger partial charge in [-0.2, -0.15) is 11.8 Å². The van der Waals surface area contributed by atoms with Crippen molar-refractivity contribution in [1.82, 2.24) is 9.80 Å². The Labute approximate surface area is 115 Å². The van der Waals surface area contributed by atoms with Crippen LogP contribution in [0.2, 0.25) is 0 Å². The third kappa shape index (κ3) is 4.11. The Bertz CT molecular complexity index is 370. The van der Waals surface area contributed by atoms with Crippen LogP contribution in [0, 0.1) is 0 Å². The van der Waals surface area contributed by atoms with Gasteiger partial charge in [-0.3, -0.25) is 9.80 Å². The van der Waals surface area contributed by atoms with Crippen molar-refractivity contribution in [3.8, 4) is 0 Å². The molecule has 0 spiro atoms. The summed E-state index contributed by atoms with van der Waals surface area (Å²) in [7, 11) is -2.78. The average molecular weight is 292 g/mol. The first kappa shape index (κ1) is 14.6. The van der Waals surface area contributed by atoms with Crippen molar-refractivity contribution in [3.63, 3.8) is 0 Å². The summed E-state index contributed by atoms with van der Waals surface area (Å²) in [4.78, 5) is 4.78. The van der Waals surface area contributed by atoms with Crippen molar-refractivity contribution < 1.29 is 8.42 Å². The van der Waals surface area contributed by atoms with Crippen LogP contribution in [0.3, 0.4) is 0 Å². The Morgan fingerprint density at radius 2 is 2.06 bits per heavy atom. The SMILES string of the molecule is CC(C)SCCN1CCN2CCS(=O)(=O)CC2C1. The van der Waals surface area contributed by atoms with Crippen LogP contribution >= 0.6 is 11.8 Å². The predicted octanol–water partition coefficient (Wildman–Crippen LogP) is 0.543. The van der Waals surface area contributed by atoms with E-state index in [4.69, 9.17) is 0 Å². The lowest BCUT2D eigenvalue weighted by Gasteiger charge is -2.43. The van der Waals surface area contributed by atoms with Crippen molar-refractivity contribution in [3.05, 3.63) is 0 Å². The smallest absolute Gasteiger partial charge is 0.153 e. The number of nitrogens with zero attached hydrogens (tertiary/aromatic N) is 2. The summed E-state index contributed by atoms with van der Waals surface area (Å²) < 4.78 is 23.3. The van der Waals surface area contributed by atoms with E-state index in [1.165, 1.54) is 0 Å². The molecular formula is C12H24N2O2S2. The van der Waals surface area contributed by atoms with Gasteiger partial charge in [-0.1, -0.05) is 13.8 Å². The lowest BCUT2D eigenvalue weighted by Crippen LogP contribution is -2.59. The van der Waals surface area contributed by atoms with Gasteiger partial charge in [0.25, 0.3) is 0 Å². The minimum atomic E-state index is -2.78. The van der Waals surface area contributed by atoms with E-state index in [1.807, 2.05) is 11.8 Å². The lowest BCUT2D eigenvalue weighted by molar-refractivity contribution is 0.0900. The van der Waals surface area contributed by atoms with Crippen LogP contribution in [0.1, 0.15) is 13.8 Å². The minimum Gasteiger partial charge on any atom is -0.300 e. The fourth-order valence-electron chi connectivity index (χ4n) is 2.66. The second-order valence-electron chi connectivity index (χ2n) is 5.52. The van der Waals surface area contributed by atoms with Gasteiger partial charge in [-0.25, -0.2) is 8.42 Å². The fourth-order valence-corrected chi connectivity index (χ4v) is 5.08. The third-order valence-corrected chi connectivity index (χ3v) is 6.47. The van der Waals surface area contributed by atoms with Crippen LogP contribution < -0.4 is 0 Å². The molecule has 0 radical (unpaired) electrons. The summed E-state index contributed by atoms with van der Waals surface area (Å²) in [5.41, 5.74) is 0. The summed E-state index contributed by atoms with van der Waals surface area (Å²) in [6.45, 7) is 9.32. The molecule has 0 saturated carbocycles. The standard InChI is InChI=1S/C12H24N2O2S2/c1-11(2)17-7-5-13-3-4-14-6-8-18(15,16)10-12(14)9-13/h11-12H,3-10H2,1-2H3. The molecule has 6 heteroatoms. The Morgan fingerprint density at radius 1 is 1.28 bits per heavy atom. The summed E-state index contributed by atoms with van der Waals surface area (Å²) in [6, 6.07) is 0.238. The monoisotopic (exact) mass is 292 g/mol. The zero-order valence-electron chi connectivity index (χ0n) is 11.3. The number of hydrogen-bond donors (Lipinski definition) is 0. The summed E-state index contributed by atoms with van der Waals surface area (Å²) >= 11 is 1.98. The molecule has 4 nitrogen and oxygen atoms in total. The first-order valence-corrected chi connectivity index (χ1v) is 9.62. The molecule has 2 aliphatic heterocycles. The molecule has 2 aliphatic rings. The molecule has 0 N–H and O–H groups in total. The second kappa shape index (κ2) is 6.11. The lowest BCUT2D eigenvalue weighted by atomic mass is 10.2. The maximum atomic E-state index is 11.7. The third-order valence-electron chi connectivity index (χ3n) is 3.68. The first-order chi connectivity index (χ1) is 8.46.